The van der Waals surface area contributed by atoms with Gasteiger partial charge in [0.05, 0.1) is 11.7 Å². The number of nitrogens with zero attached hydrogens (tertiary/aromatic N) is 3. The largest absolute Gasteiger partial charge is 0.362 e. The van der Waals surface area contributed by atoms with Gasteiger partial charge in [-0.25, -0.2) is 9.97 Å². The van der Waals surface area contributed by atoms with Crippen LogP contribution in [0.4, 0.5) is 5.82 Å². The number of rotatable bonds is 5. The maximum absolute atomic E-state index is 4.67. The molecule has 0 spiro atoms. The van der Waals surface area contributed by atoms with E-state index in [4.69, 9.17) is 0 Å². The molecule has 0 radical (unpaired) electrons. The van der Waals surface area contributed by atoms with E-state index >= 15 is 0 Å². The van der Waals surface area contributed by atoms with Crippen LogP contribution in [-0.4, -0.2) is 15.0 Å². The molecule has 0 aliphatic heterocycles. The molecule has 0 aliphatic carbocycles. The van der Waals surface area contributed by atoms with E-state index in [9.17, 15) is 0 Å². The summed E-state index contributed by atoms with van der Waals surface area (Å²) in [6, 6.07) is 18.1. The molecule has 116 valence electrons. The molecule has 1 N–H and O–H groups in total. The molecule has 0 bridgehead atoms. The Kier molecular flexibility index (Phi) is 4.62. The third kappa shape index (κ3) is 3.72. The van der Waals surface area contributed by atoms with Gasteiger partial charge in [0.25, 0.3) is 0 Å². The van der Waals surface area contributed by atoms with E-state index in [2.05, 4.69) is 27.2 Å². The molecule has 0 saturated heterocycles. The van der Waals surface area contributed by atoms with Crippen molar-refractivity contribution in [3.8, 4) is 11.4 Å². The predicted octanol–water partition coefficient (Wildman–Crippen LogP) is 4.41. The molecule has 4 heteroatoms. The Labute approximate surface area is 136 Å². The molecule has 1 atom stereocenters. The Balaban J connectivity index is 1.89. The van der Waals surface area contributed by atoms with Gasteiger partial charge in [0, 0.05) is 23.5 Å². The first-order chi connectivity index (χ1) is 11.3. The maximum atomic E-state index is 4.67. The van der Waals surface area contributed by atoms with Crippen LogP contribution in [0.1, 0.15) is 30.8 Å². The van der Waals surface area contributed by atoms with E-state index in [0.29, 0.717) is 0 Å². The summed E-state index contributed by atoms with van der Waals surface area (Å²) in [6.45, 7) is 4.12. The van der Waals surface area contributed by atoms with Crippen molar-refractivity contribution in [1.29, 1.82) is 0 Å². The number of hydrogen-bond donors (Lipinski definition) is 1. The maximum Gasteiger partial charge on any atom is 0.161 e. The highest BCUT2D eigenvalue weighted by Gasteiger charge is 2.12. The normalized spacial score (nSPS) is 11.9. The van der Waals surface area contributed by atoms with Crippen molar-refractivity contribution in [3.05, 3.63) is 72.2 Å². The summed E-state index contributed by atoms with van der Waals surface area (Å²) in [4.78, 5) is 13.7. The zero-order chi connectivity index (χ0) is 16.1. The molecule has 2 aromatic heterocycles. The van der Waals surface area contributed by atoms with Crippen molar-refractivity contribution in [3.63, 3.8) is 0 Å². The van der Waals surface area contributed by atoms with Gasteiger partial charge in [-0.3, -0.25) is 4.98 Å². The van der Waals surface area contributed by atoms with E-state index < -0.39 is 0 Å². The van der Waals surface area contributed by atoms with Crippen LogP contribution in [0.25, 0.3) is 11.4 Å². The van der Waals surface area contributed by atoms with Crippen molar-refractivity contribution < 1.29 is 0 Å². The highest BCUT2D eigenvalue weighted by atomic mass is 15.1. The van der Waals surface area contributed by atoms with Crippen LogP contribution in [0.3, 0.4) is 0 Å². The van der Waals surface area contributed by atoms with Gasteiger partial charge in [-0.2, -0.15) is 0 Å². The number of anilines is 1. The van der Waals surface area contributed by atoms with Crippen molar-refractivity contribution in [2.24, 2.45) is 0 Å². The first-order valence-corrected chi connectivity index (χ1v) is 7.85. The average Bonchev–Trinajstić information content (AvgIpc) is 2.61. The second-order valence-corrected chi connectivity index (χ2v) is 5.44. The Morgan fingerprint density at radius 2 is 1.78 bits per heavy atom. The van der Waals surface area contributed by atoms with Crippen molar-refractivity contribution in [2.75, 3.05) is 5.32 Å². The van der Waals surface area contributed by atoms with E-state index in [1.54, 1.807) is 0 Å². The van der Waals surface area contributed by atoms with Gasteiger partial charge in [0.2, 0.25) is 0 Å². The summed E-state index contributed by atoms with van der Waals surface area (Å²) >= 11 is 0. The summed E-state index contributed by atoms with van der Waals surface area (Å²) in [6.07, 6.45) is 2.75. The van der Waals surface area contributed by atoms with Crippen LogP contribution in [-0.2, 0) is 0 Å². The lowest BCUT2D eigenvalue weighted by atomic mass is 10.1. The van der Waals surface area contributed by atoms with E-state index in [0.717, 1.165) is 35.0 Å². The minimum atomic E-state index is 0.133. The first kappa shape index (κ1) is 15.2. The third-order valence-corrected chi connectivity index (χ3v) is 3.66. The van der Waals surface area contributed by atoms with E-state index in [1.165, 1.54) is 0 Å². The lowest BCUT2D eigenvalue weighted by molar-refractivity contribution is 0.718. The highest BCUT2D eigenvalue weighted by Crippen LogP contribution is 2.22. The number of aromatic nitrogens is 3. The van der Waals surface area contributed by atoms with Crippen molar-refractivity contribution in [1.82, 2.24) is 15.0 Å². The Hall–Kier alpha value is -2.75. The smallest absolute Gasteiger partial charge is 0.161 e. The molecule has 0 saturated carbocycles. The summed E-state index contributed by atoms with van der Waals surface area (Å²) in [5.41, 5.74) is 2.98. The second kappa shape index (κ2) is 7.01. The average molecular weight is 304 g/mol. The lowest BCUT2D eigenvalue weighted by Crippen LogP contribution is -2.13. The molecular weight excluding hydrogens is 284 g/mol. The molecule has 1 aromatic carbocycles. The summed E-state index contributed by atoms with van der Waals surface area (Å²) < 4.78 is 0. The number of nitrogens with one attached hydrogen (secondary N) is 1. The van der Waals surface area contributed by atoms with Crippen LogP contribution in [0.2, 0.25) is 0 Å². The molecule has 23 heavy (non-hydrogen) atoms. The molecule has 3 aromatic rings. The van der Waals surface area contributed by atoms with Crippen LogP contribution in [0.5, 0.6) is 0 Å². The Bertz CT molecular complexity index is 757. The van der Waals surface area contributed by atoms with Gasteiger partial charge in [-0.15, -0.1) is 0 Å². The summed E-state index contributed by atoms with van der Waals surface area (Å²) in [5.74, 6) is 1.57. The van der Waals surface area contributed by atoms with Gasteiger partial charge in [0.1, 0.15) is 5.82 Å². The van der Waals surface area contributed by atoms with E-state index in [1.807, 2.05) is 67.7 Å². The number of benzene rings is 1. The number of hydrogen-bond acceptors (Lipinski definition) is 4. The SMILES string of the molecule is CC[C@H](Nc1cc(C)nc(-c2ccccc2)n1)c1ccccn1. The standard InChI is InChI=1S/C19H20N4/c1-3-16(17-11-7-8-12-20-17)22-18-13-14(2)21-19(23-18)15-9-5-4-6-10-15/h4-13,16H,3H2,1-2H3,(H,21,22,23)/t16-/m0/s1. The van der Waals surface area contributed by atoms with Gasteiger partial charge < -0.3 is 5.32 Å². The second-order valence-electron chi connectivity index (χ2n) is 5.44. The zero-order valence-electron chi connectivity index (χ0n) is 13.4. The van der Waals surface area contributed by atoms with Crippen molar-refractivity contribution in [2.45, 2.75) is 26.3 Å². The molecule has 0 unspecified atom stereocenters. The minimum Gasteiger partial charge on any atom is -0.362 e. The molecule has 2 heterocycles. The summed E-state index contributed by atoms with van der Waals surface area (Å²) in [7, 11) is 0. The van der Waals surface area contributed by atoms with Gasteiger partial charge >= 0.3 is 0 Å². The van der Waals surface area contributed by atoms with E-state index in [-0.39, 0.29) is 6.04 Å². The molecule has 3 rings (SSSR count). The topological polar surface area (TPSA) is 50.7 Å². The zero-order valence-corrected chi connectivity index (χ0v) is 13.4. The highest BCUT2D eigenvalue weighted by molar-refractivity contribution is 5.57. The molecule has 4 nitrogen and oxygen atoms in total. The predicted molar refractivity (Wildman–Crippen MR) is 93.1 cm³/mol. The summed E-state index contributed by atoms with van der Waals surface area (Å²) in [5, 5.41) is 3.48. The number of pyridine rings is 1. The molecule has 0 fully saturated rings. The lowest BCUT2D eigenvalue weighted by Gasteiger charge is -2.17. The van der Waals surface area contributed by atoms with Gasteiger partial charge in [-0.05, 0) is 25.5 Å². The van der Waals surface area contributed by atoms with Gasteiger partial charge in [0.15, 0.2) is 5.82 Å². The fourth-order valence-electron chi connectivity index (χ4n) is 2.50. The Morgan fingerprint density at radius 1 is 1.00 bits per heavy atom. The van der Waals surface area contributed by atoms with Crippen LogP contribution >= 0.6 is 0 Å². The number of aryl methyl sites for hydroxylation is 1. The monoisotopic (exact) mass is 304 g/mol. The first-order valence-electron chi connectivity index (χ1n) is 7.85. The quantitative estimate of drug-likeness (QED) is 0.758. The third-order valence-electron chi connectivity index (χ3n) is 3.66. The molecule has 0 aliphatic rings. The van der Waals surface area contributed by atoms with Crippen LogP contribution in [0, 0.1) is 6.92 Å². The molecular formula is C19H20N4. The van der Waals surface area contributed by atoms with Crippen LogP contribution < -0.4 is 5.32 Å². The fourth-order valence-corrected chi connectivity index (χ4v) is 2.50. The Morgan fingerprint density at radius 3 is 2.48 bits per heavy atom. The molecule has 0 amide bonds. The minimum absolute atomic E-state index is 0.133. The van der Waals surface area contributed by atoms with Gasteiger partial charge in [-0.1, -0.05) is 43.3 Å². The fraction of sp³-hybridized carbons (Fsp3) is 0.211. The van der Waals surface area contributed by atoms with Crippen LogP contribution in [0.15, 0.2) is 60.8 Å². The van der Waals surface area contributed by atoms with Crippen molar-refractivity contribution >= 4 is 5.82 Å².